The number of aromatic nitrogens is 2. The minimum absolute atomic E-state index is 0.0405. The fourth-order valence-corrected chi connectivity index (χ4v) is 2.83. The van der Waals surface area contributed by atoms with Crippen LogP contribution in [0.15, 0.2) is 54.6 Å². The van der Waals surface area contributed by atoms with Crippen molar-refractivity contribution < 1.29 is 14.3 Å². The van der Waals surface area contributed by atoms with Crippen molar-refractivity contribution in [2.24, 2.45) is 0 Å². The molecule has 1 aromatic heterocycles. The first kappa shape index (κ1) is 17.6. The van der Waals surface area contributed by atoms with Gasteiger partial charge in [-0.05, 0) is 32.9 Å². The fourth-order valence-electron chi connectivity index (χ4n) is 2.83. The summed E-state index contributed by atoms with van der Waals surface area (Å²) in [7, 11) is 0. The van der Waals surface area contributed by atoms with Gasteiger partial charge < -0.3 is 4.74 Å². The maximum Gasteiger partial charge on any atom is 0.359 e. The van der Waals surface area contributed by atoms with Gasteiger partial charge in [0.1, 0.15) is 0 Å². The molecule has 0 spiro atoms. The van der Waals surface area contributed by atoms with E-state index in [1.165, 1.54) is 6.92 Å². The van der Waals surface area contributed by atoms with E-state index in [4.69, 9.17) is 4.74 Å². The van der Waals surface area contributed by atoms with E-state index in [1.54, 1.807) is 11.6 Å². The standard InChI is InChI=1S/C21H20N2O3/c1-4-26-21(25)19-18(15(3)24)20(16-8-6-5-7-9-16)23(22-19)17-12-10-14(2)11-13-17/h5-13H,4H2,1-3H3. The predicted octanol–water partition coefficient (Wildman–Crippen LogP) is 4.23. The van der Waals surface area contributed by atoms with E-state index >= 15 is 0 Å². The van der Waals surface area contributed by atoms with Crippen molar-refractivity contribution in [3.05, 3.63) is 71.4 Å². The Bertz CT molecular complexity index is 941. The summed E-state index contributed by atoms with van der Waals surface area (Å²) in [6, 6.07) is 17.2. The van der Waals surface area contributed by atoms with Gasteiger partial charge in [-0.25, -0.2) is 9.48 Å². The highest BCUT2D eigenvalue weighted by Crippen LogP contribution is 2.30. The molecule has 26 heavy (non-hydrogen) atoms. The molecule has 0 saturated heterocycles. The normalized spacial score (nSPS) is 10.6. The Hall–Kier alpha value is -3.21. The summed E-state index contributed by atoms with van der Waals surface area (Å²) in [6.45, 7) is 5.37. The van der Waals surface area contributed by atoms with Gasteiger partial charge in [0.25, 0.3) is 0 Å². The first-order chi connectivity index (χ1) is 12.5. The number of nitrogens with zero attached hydrogens (tertiary/aromatic N) is 2. The van der Waals surface area contributed by atoms with Crippen LogP contribution in [0.4, 0.5) is 0 Å². The summed E-state index contributed by atoms with van der Waals surface area (Å²) in [6.07, 6.45) is 0. The molecule has 0 N–H and O–H groups in total. The number of benzene rings is 2. The Morgan fingerprint density at radius 2 is 1.69 bits per heavy atom. The molecule has 2 aromatic carbocycles. The van der Waals surface area contributed by atoms with Crippen molar-refractivity contribution in [2.75, 3.05) is 6.61 Å². The molecule has 132 valence electrons. The molecule has 0 atom stereocenters. The van der Waals surface area contributed by atoms with Gasteiger partial charge in [-0.15, -0.1) is 0 Å². The molecule has 0 fully saturated rings. The van der Waals surface area contributed by atoms with Gasteiger partial charge in [0.05, 0.1) is 23.6 Å². The second kappa shape index (κ2) is 7.35. The van der Waals surface area contributed by atoms with Crippen LogP contribution in [0.1, 0.15) is 40.3 Å². The van der Waals surface area contributed by atoms with Crippen LogP contribution in [0, 0.1) is 6.92 Å². The van der Waals surface area contributed by atoms with E-state index in [0.29, 0.717) is 5.69 Å². The SMILES string of the molecule is CCOC(=O)c1nn(-c2ccc(C)cc2)c(-c2ccccc2)c1C(C)=O. The van der Waals surface area contributed by atoms with Crippen LogP contribution in [-0.4, -0.2) is 28.1 Å². The highest BCUT2D eigenvalue weighted by atomic mass is 16.5. The van der Waals surface area contributed by atoms with Crippen LogP contribution in [0.3, 0.4) is 0 Å². The Kier molecular flexibility index (Phi) is 4.98. The number of carbonyl (C=O) groups excluding carboxylic acids is 2. The van der Waals surface area contributed by atoms with Crippen molar-refractivity contribution in [3.63, 3.8) is 0 Å². The van der Waals surface area contributed by atoms with Crippen LogP contribution >= 0.6 is 0 Å². The number of esters is 1. The summed E-state index contributed by atoms with van der Waals surface area (Å²) < 4.78 is 6.75. The van der Waals surface area contributed by atoms with Gasteiger partial charge in [-0.1, -0.05) is 48.0 Å². The monoisotopic (exact) mass is 348 g/mol. The quantitative estimate of drug-likeness (QED) is 0.511. The zero-order valence-electron chi connectivity index (χ0n) is 15.0. The van der Waals surface area contributed by atoms with E-state index in [2.05, 4.69) is 5.10 Å². The first-order valence-corrected chi connectivity index (χ1v) is 8.46. The third-order valence-electron chi connectivity index (χ3n) is 4.03. The summed E-state index contributed by atoms with van der Waals surface area (Å²) in [5, 5.41) is 4.45. The number of ketones is 1. The lowest BCUT2D eigenvalue weighted by molar-refractivity contribution is 0.0516. The van der Waals surface area contributed by atoms with Crippen molar-refractivity contribution in [3.8, 4) is 16.9 Å². The minimum Gasteiger partial charge on any atom is -0.461 e. The molecule has 0 bridgehead atoms. The zero-order valence-corrected chi connectivity index (χ0v) is 15.0. The number of Topliss-reactive ketones (excluding diaryl/α,β-unsaturated/α-hetero) is 1. The van der Waals surface area contributed by atoms with Crippen LogP contribution < -0.4 is 0 Å². The topological polar surface area (TPSA) is 61.2 Å². The lowest BCUT2D eigenvalue weighted by Crippen LogP contribution is -2.10. The molecule has 0 unspecified atom stereocenters. The number of ether oxygens (including phenoxy) is 1. The Balaban J connectivity index is 2.32. The first-order valence-electron chi connectivity index (χ1n) is 8.46. The smallest absolute Gasteiger partial charge is 0.359 e. The van der Waals surface area contributed by atoms with Gasteiger partial charge in [-0.2, -0.15) is 5.10 Å². The van der Waals surface area contributed by atoms with Crippen molar-refractivity contribution in [2.45, 2.75) is 20.8 Å². The van der Waals surface area contributed by atoms with E-state index in [0.717, 1.165) is 16.8 Å². The second-order valence-electron chi connectivity index (χ2n) is 5.96. The molecule has 5 heteroatoms. The molecule has 0 amide bonds. The molecular formula is C21H20N2O3. The average Bonchev–Trinajstić information content (AvgIpc) is 3.04. The summed E-state index contributed by atoms with van der Waals surface area (Å²) in [5.74, 6) is -0.828. The Labute approximate surface area is 152 Å². The van der Waals surface area contributed by atoms with Gasteiger partial charge in [-0.3, -0.25) is 4.79 Å². The molecule has 3 rings (SSSR count). The van der Waals surface area contributed by atoms with Crippen LogP contribution in [0.25, 0.3) is 16.9 Å². The maximum absolute atomic E-state index is 12.4. The van der Waals surface area contributed by atoms with Gasteiger partial charge in [0.15, 0.2) is 11.5 Å². The predicted molar refractivity (Wildman–Crippen MR) is 99.7 cm³/mol. The lowest BCUT2D eigenvalue weighted by Gasteiger charge is -2.09. The van der Waals surface area contributed by atoms with Gasteiger partial charge >= 0.3 is 5.97 Å². The van der Waals surface area contributed by atoms with Crippen molar-refractivity contribution in [1.29, 1.82) is 0 Å². The summed E-state index contributed by atoms with van der Waals surface area (Å²) in [5.41, 5.74) is 3.59. The highest BCUT2D eigenvalue weighted by Gasteiger charge is 2.28. The molecule has 0 radical (unpaired) electrons. The van der Waals surface area contributed by atoms with E-state index in [-0.39, 0.29) is 23.6 Å². The molecule has 0 aliphatic rings. The molecule has 0 aliphatic heterocycles. The number of hydrogen-bond acceptors (Lipinski definition) is 4. The summed E-state index contributed by atoms with van der Waals surface area (Å²) in [4.78, 5) is 24.8. The summed E-state index contributed by atoms with van der Waals surface area (Å²) >= 11 is 0. The van der Waals surface area contributed by atoms with E-state index in [1.807, 2.05) is 61.5 Å². The Morgan fingerprint density at radius 3 is 2.27 bits per heavy atom. The molecular weight excluding hydrogens is 328 g/mol. The number of aryl methyl sites for hydroxylation is 1. The second-order valence-corrected chi connectivity index (χ2v) is 5.96. The molecule has 1 heterocycles. The molecule has 5 nitrogen and oxygen atoms in total. The molecule has 0 saturated carbocycles. The lowest BCUT2D eigenvalue weighted by atomic mass is 10.0. The molecule has 0 aliphatic carbocycles. The van der Waals surface area contributed by atoms with Crippen LogP contribution in [0.2, 0.25) is 0 Å². The Morgan fingerprint density at radius 1 is 1.04 bits per heavy atom. The van der Waals surface area contributed by atoms with E-state index < -0.39 is 5.97 Å². The third-order valence-corrected chi connectivity index (χ3v) is 4.03. The van der Waals surface area contributed by atoms with Crippen LogP contribution in [0.5, 0.6) is 0 Å². The minimum atomic E-state index is -0.597. The number of carbonyl (C=O) groups is 2. The largest absolute Gasteiger partial charge is 0.461 e. The fraction of sp³-hybridized carbons (Fsp3) is 0.190. The average molecular weight is 348 g/mol. The third kappa shape index (κ3) is 3.28. The van der Waals surface area contributed by atoms with E-state index in [9.17, 15) is 9.59 Å². The molecule has 3 aromatic rings. The van der Waals surface area contributed by atoms with Crippen LogP contribution in [-0.2, 0) is 4.74 Å². The van der Waals surface area contributed by atoms with Gasteiger partial charge in [0, 0.05) is 5.56 Å². The maximum atomic E-state index is 12.4. The van der Waals surface area contributed by atoms with Gasteiger partial charge in [0.2, 0.25) is 0 Å². The zero-order chi connectivity index (χ0) is 18.7. The number of rotatable bonds is 5. The number of hydrogen-bond donors (Lipinski definition) is 0. The highest BCUT2D eigenvalue weighted by molar-refractivity contribution is 6.08. The van der Waals surface area contributed by atoms with Crippen molar-refractivity contribution >= 4 is 11.8 Å². The van der Waals surface area contributed by atoms with Crippen molar-refractivity contribution in [1.82, 2.24) is 9.78 Å².